The van der Waals surface area contributed by atoms with Crippen LogP contribution < -0.4 is 0 Å². The van der Waals surface area contributed by atoms with Gasteiger partial charge in [-0.15, -0.1) is 0 Å². The lowest BCUT2D eigenvalue weighted by atomic mass is 10.2. The molecule has 0 heterocycles. The number of rotatable bonds is 5. The summed E-state index contributed by atoms with van der Waals surface area (Å²) in [5.41, 5.74) is -0.289. The van der Waals surface area contributed by atoms with Crippen molar-refractivity contribution in [2.45, 2.75) is 11.8 Å². The van der Waals surface area contributed by atoms with Gasteiger partial charge in [0.05, 0.1) is 21.8 Å². The normalized spacial score (nSPS) is 12.9. The number of nitriles is 1. The Morgan fingerprint density at radius 1 is 1.53 bits per heavy atom. The van der Waals surface area contributed by atoms with E-state index in [-0.39, 0.29) is 17.1 Å². The van der Waals surface area contributed by atoms with Crippen molar-refractivity contribution < 1.29 is 13.3 Å². The molecule has 0 saturated carbocycles. The van der Waals surface area contributed by atoms with Crippen LogP contribution in [-0.4, -0.2) is 31.2 Å². The SMILES string of the molecule is CC(C#N)CN(C)S(=O)(=O)c1cccc([N+](=O)[O-])c1. The molecule has 1 atom stereocenters. The second-order valence-electron chi connectivity index (χ2n) is 4.07. The molecule has 0 N–H and O–H groups in total. The van der Waals surface area contributed by atoms with E-state index in [9.17, 15) is 18.5 Å². The fourth-order valence-electron chi connectivity index (χ4n) is 1.46. The summed E-state index contributed by atoms with van der Waals surface area (Å²) in [5.74, 6) is -0.460. The quantitative estimate of drug-likeness (QED) is 0.599. The highest BCUT2D eigenvalue weighted by Gasteiger charge is 2.24. The molecular formula is C11H13N3O4S. The number of nitro groups is 1. The summed E-state index contributed by atoms with van der Waals surface area (Å²) in [6.07, 6.45) is 0. The summed E-state index contributed by atoms with van der Waals surface area (Å²) >= 11 is 0. The molecule has 0 radical (unpaired) electrons. The molecule has 1 aromatic rings. The number of sulfonamides is 1. The number of hydrogen-bond acceptors (Lipinski definition) is 5. The Kier molecular flexibility index (Phi) is 4.58. The fraction of sp³-hybridized carbons (Fsp3) is 0.364. The molecule has 0 saturated heterocycles. The Bertz CT molecular complexity index is 621. The molecule has 0 bridgehead atoms. The van der Waals surface area contributed by atoms with E-state index in [1.54, 1.807) is 6.92 Å². The van der Waals surface area contributed by atoms with E-state index in [1.807, 2.05) is 6.07 Å². The van der Waals surface area contributed by atoms with Crippen molar-refractivity contribution in [3.63, 3.8) is 0 Å². The highest BCUT2D eigenvalue weighted by Crippen LogP contribution is 2.20. The molecule has 0 aliphatic rings. The molecule has 102 valence electrons. The predicted molar refractivity (Wildman–Crippen MR) is 67.7 cm³/mol. The van der Waals surface area contributed by atoms with Gasteiger partial charge in [0, 0.05) is 25.7 Å². The first-order valence-corrected chi connectivity index (χ1v) is 6.83. The Balaban J connectivity index is 3.10. The third kappa shape index (κ3) is 3.49. The van der Waals surface area contributed by atoms with Gasteiger partial charge in [0.15, 0.2) is 0 Å². The van der Waals surface area contributed by atoms with Crippen LogP contribution >= 0.6 is 0 Å². The molecule has 8 heteroatoms. The van der Waals surface area contributed by atoms with Gasteiger partial charge in [-0.3, -0.25) is 10.1 Å². The van der Waals surface area contributed by atoms with Crippen molar-refractivity contribution in [2.75, 3.05) is 13.6 Å². The second kappa shape index (κ2) is 5.77. The van der Waals surface area contributed by atoms with Crippen molar-refractivity contribution in [1.29, 1.82) is 5.26 Å². The van der Waals surface area contributed by atoms with Crippen molar-refractivity contribution in [2.24, 2.45) is 5.92 Å². The van der Waals surface area contributed by atoms with Gasteiger partial charge < -0.3 is 0 Å². The van der Waals surface area contributed by atoms with Crippen LogP contribution in [0.3, 0.4) is 0 Å². The Labute approximate surface area is 111 Å². The third-order valence-corrected chi connectivity index (χ3v) is 4.31. The van der Waals surface area contributed by atoms with E-state index in [2.05, 4.69) is 0 Å². The summed E-state index contributed by atoms with van der Waals surface area (Å²) in [5, 5.41) is 19.3. The van der Waals surface area contributed by atoms with Gasteiger partial charge in [-0.05, 0) is 13.0 Å². The minimum atomic E-state index is -3.82. The number of non-ortho nitro benzene ring substituents is 1. The van der Waals surface area contributed by atoms with E-state index in [0.717, 1.165) is 10.4 Å². The highest BCUT2D eigenvalue weighted by atomic mass is 32.2. The molecule has 0 aliphatic heterocycles. The number of nitro benzene ring substituents is 1. The maximum atomic E-state index is 12.2. The van der Waals surface area contributed by atoms with E-state index >= 15 is 0 Å². The maximum absolute atomic E-state index is 12.2. The molecule has 0 aliphatic carbocycles. The highest BCUT2D eigenvalue weighted by molar-refractivity contribution is 7.89. The first-order valence-electron chi connectivity index (χ1n) is 5.39. The van der Waals surface area contributed by atoms with Crippen LogP contribution in [0.1, 0.15) is 6.92 Å². The van der Waals surface area contributed by atoms with Gasteiger partial charge in [0.2, 0.25) is 10.0 Å². The molecule has 0 fully saturated rings. The first-order chi connectivity index (χ1) is 8.78. The molecule has 0 amide bonds. The summed E-state index contributed by atoms with van der Waals surface area (Å²) in [6.45, 7) is 1.63. The minimum absolute atomic E-state index is 0.0293. The third-order valence-electron chi connectivity index (χ3n) is 2.49. The molecule has 19 heavy (non-hydrogen) atoms. The lowest BCUT2D eigenvalue weighted by molar-refractivity contribution is -0.385. The first kappa shape index (κ1) is 15.1. The number of benzene rings is 1. The molecule has 1 unspecified atom stereocenters. The Hall–Kier alpha value is -1.98. The Morgan fingerprint density at radius 3 is 2.68 bits per heavy atom. The average Bonchev–Trinajstić information content (AvgIpc) is 2.38. The molecule has 1 aromatic carbocycles. The van der Waals surface area contributed by atoms with E-state index < -0.39 is 20.9 Å². The average molecular weight is 283 g/mol. The topological polar surface area (TPSA) is 104 Å². The summed E-state index contributed by atoms with van der Waals surface area (Å²) in [7, 11) is -2.49. The number of nitrogens with zero attached hydrogens (tertiary/aromatic N) is 3. The van der Waals surface area contributed by atoms with Crippen molar-refractivity contribution in [1.82, 2.24) is 4.31 Å². The summed E-state index contributed by atoms with van der Waals surface area (Å²) in [6, 6.07) is 6.76. The standard InChI is InChI=1S/C11H13N3O4S/c1-9(7-12)8-13(2)19(17,18)11-5-3-4-10(6-11)14(15)16/h3-6,9H,8H2,1-2H3. The zero-order chi connectivity index (χ0) is 14.6. The molecule has 1 rings (SSSR count). The van der Waals surface area contributed by atoms with Crippen LogP contribution in [0.5, 0.6) is 0 Å². The maximum Gasteiger partial charge on any atom is 0.270 e. The summed E-state index contributed by atoms with van der Waals surface area (Å²) < 4.78 is 25.3. The Morgan fingerprint density at radius 2 is 2.16 bits per heavy atom. The van der Waals surface area contributed by atoms with Crippen LogP contribution in [0.2, 0.25) is 0 Å². The molecular weight excluding hydrogens is 270 g/mol. The second-order valence-corrected chi connectivity index (χ2v) is 6.12. The van der Waals surface area contributed by atoms with E-state index in [4.69, 9.17) is 5.26 Å². The predicted octanol–water partition coefficient (Wildman–Crippen LogP) is 1.37. The monoisotopic (exact) mass is 283 g/mol. The smallest absolute Gasteiger partial charge is 0.258 e. The lowest BCUT2D eigenvalue weighted by Crippen LogP contribution is -2.30. The van der Waals surface area contributed by atoms with Crippen molar-refractivity contribution in [3.05, 3.63) is 34.4 Å². The van der Waals surface area contributed by atoms with Crippen LogP contribution in [0.15, 0.2) is 29.2 Å². The fourth-order valence-corrected chi connectivity index (χ4v) is 2.76. The van der Waals surface area contributed by atoms with Gasteiger partial charge >= 0.3 is 0 Å². The van der Waals surface area contributed by atoms with Crippen LogP contribution in [0.4, 0.5) is 5.69 Å². The van der Waals surface area contributed by atoms with E-state index in [0.29, 0.717) is 0 Å². The van der Waals surface area contributed by atoms with Crippen LogP contribution in [-0.2, 0) is 10.0 Å². The molecule has 0 aromatic heterocycles. The van der Waals surface area contributed by atoms with Crippen LogP contribution in [0, 0.1) is 27.4 Å². The minimum Gasteiger partial charge on any atom is -0.258 e. The van der Waals surface area contributed by atoms with Gasteiger partial charge in [-0.2, -0.15) is 9.57 Å². The van der Waals surface area contributed by atoms with Gasteiger partial charge in [0.1, 0.15) is 0 Å². The van der Waals surface area contributed by atoms with Gasteiger partial charge in [-0.1, -0.05) is 6.07 Å². The van der Waals surface area contributed by atoms with Crippen molar-refractivity contribution in [3.8, 4) is 6.07 Å². The van der Waals surface area contributed by atoms with Gasteiger partial charge in [-0.25, -0.2) is 8.42 Å². The lowest BCUT2D eigenvalue weighted by Gasteiger charge is -2.17. The summed E-state index contributed by atoms with van der Waals surface area (Å²) in [4.78, 5) is 9.81. The van der Waals surface area contributed by atoms with E-state index in [1.165, 1.54) is 25.2 Å². The zero-order valence-electron chi connectivity index (χ0n) is 10.5. The molecule has 7 nitrogen and oxygen atoms in total. The largest absolute Gasteiger partial charge is 0.270 e. The molecule has 0 spiro atoms. The van der Waals surface area contributed by atoms with Crippen molar-refractivity contribution >= 4 is 15.7 Å². The van der Waals surface area contributed by atoms with Gasteiger partial charge in [0.25, 0.3) is 5.69 Å². The number of hydrogen-bond donors (Lipinski definition) is 0. The van der Waals surface area contributed by atoms with Crippen LogP contribution in [0.25, 0.3) is 0 Å². The zero-order valence-corrected chi connectivity index (χ0v) is 11.3.